The molecule has 140 valence electrons. The number of piperazine rings is 1. The molecule has 2 N–H and O–H groups in total. The fourth-order valence-electron chi connectivity index (χ4n) is 3.79. The Morgan fingerprint density at radius 1 is 1.42 bits per heavy atom. The lowest BCUT2D eigenvalue weighted by Gasteiger charge is -2.42. The third-order valence-corrected chi connectivity index (χ3v) is 5.44. The SMILES string of the molecule is Cc1cccn2c(C(C)(C)NC(=O)[C@@H]3CN(C4COC4)CCN3)ncc12. The van der Waals surface area contributed by atoms with Crippen LogP contribution in [-0.4, -0.2) is 65.1 Å². The minimum absolute atomic E-state index is 0.0179. The zero-order valence-corrected chi connectivity index (χ0v) is 15.7. The van der Waals surface area contributed by atoms with Crippen LogP contribution in [0.2, 0.25) is 0 Å². The van der Waals surface area contributed by atoms with Crippen LogP contribution in [0.15, 0.2) is 24.5 Å². The highest BCUT2D eigenvalue weighted by Gasteiger charge is 2.35. The zero-order valence-electron chi connectivity index (χ0n) is 15.7. The van der Waals surface area contributed by atoms with Crippen LogP contribution < -0.4 is 10.6 Å². The summed E-state index contributed by atoms with van der Waals surface area (Å²) in [6, 6.07) is 4.32. The van der Waals surface area contributed by atoms with Crippen molar-refractivity contribution in [1.29, 1.82) is 0 Å². The summed E-state index contributed by atoms with van der Waals surface area (Å²) in [5.41, 5.74) is 1.67. The highest BCUT2D eigenvalue weighted by Crippen LogP contribution is 2.22. The van der Waals surface area contributed by atoms with E-state index < -0.39 is 5.54 Å². The molecule has 4 rings (SSSR count). The minimum atomic E-state index is -0.569. The molecule has 4 heterocycles. The van der Waals surface area contributed by atoms with Gasteiger partial charge in [0.05, 0.1) is 42.5 Å². The number of fused-ring (bicyclic) bond motifs is 1. The molecule has 2 aliphatic heterocycles. The highest BCUT2D eigenvalue weighted by atomic mass is 16.5. The second-order valence-electron chi connectivity index (χ2n) is 7.84. The summed E-state index contributed by atoms with van der Waals surface area (Å²) >= 11 is 0. The Kier molecular flexibility index (Phi) is 4.46. The molecule has 2 aromatic rings. The Labute approximate surface area is 153 Å². The lowest BCUT2D eigenvalue weighted by atomic mass is 10.0. The lowest BCUT2D eigenvalue weighted by Crippen LogP contribution is -2.63. The molecule has 0 bridgehead atoms. The summed E-state index contributed by atoms with van der Waals surface area (Å²) in [5, 5.41) is 6.54. The molecule has 2 saturated heterocycles. The molecule has 0 spiro atoms. The third kappa shape index (κ3) is 3.11. The molecule has 2 fully saturated rings. The normalized spacial score (nSPS) is 22.3. The summed E-state index contributed by atoms with van der Waals surface area (Å²) in [7, 11) is 0. The van der Waals surface area contributed by atoms with Gasteiger partial charge in [-0.25, -0.2) is 4.98 Å². The van der Waals surface area contributed by atoms with Crippen molar-refractivity contribution >= 4 is 11.4 Å². The Morgan fingerprint density at radius 3 is 2.96 bits per heavy atom. The molecule has 26 heavy (non-hydrogen) atoms. The number of nitrogens with zero attached hydrogens (tertiary/aromatic N) is 3. The van der Waals surface area contributed by atoms with E-state index in [1.165, 1.54) is 5.56 Å². The molecular weight excluding hydrogens is 330 g/mol. The number of hydrogen-bond acceptors (Lipinski definition) is 5. The highest BCUT2D eigenvalue weighted by molar-refractivity contribution is 5.83. The molecule has 7 nitrogen and oxygen atoms in total. The van der Waals surface area contributed by atoms with Crippen LogP contribution in [0.1, 0.15) is 25.2 Å². The maximum absolute atomic E-state index is 12.9. The van der Waals surface area contributed by atoms with E-state index in [0.29, 0.717) is 6.04 Å². The first-order valence-corrected chi connectivity index (χ1v) is 9.26. The fourth-order valence-corrected chi connectivity index (χ4v) is 3.79. The molecule has 7 heteroatoms. The van der Waals surface area contributed by atoms with Gasteiger partial charge in [0.15, 0.2) is 0 Å². The monoisotopic (exact) mass is 357 g/mol. The van der Waals surface area contributed by atoms with Crippen molar-refractivity contribution in [3.8, 4) is 0 Å². The van der Waals surface area contributed by atoms with Gasteiger partial charge in [0.2, 0.25) is 5.91 Å². The predicted octanol–water partition coefficient (Wildman–Crippen LogP) is 0.667. The van der Waals surface area contributed by atoms with Crippen molar-refractivity contribution in [2.75, 3.05) is 32.8 Å². The van der Waals surface area contributed by atoms with Gasteiger partial charge in [-0.15, -0.1) is 0 Å². The first-order valence-electron chi connectivity index (χ1n) is 9.26. The van der Waals surface area contributed by atoms with Crippen molar-refractivity contribution < 1.29 is 9.53 Å². The number of imidazole rings is 1. The summed E-state index contributed by atoms with van der Waals surface area (Å²) < 4.78 is 7.35. The van der Waals surface area contributed by atoms with Gasteiger partial charge in [0.1, 0.15) is 5.82 Å². The average Bonchev–Trinajstić information content (AvgIpc) is 2.99. The second kappa shape index (κ2) is 6.64. The van der Waals surface area contributed by atoms with Crippen LogP contribution in [0.5, 0.6) is 0 Å². The van der Waals surface area contributed by atoms with Crippen LogP contribution >= 0.6 is 0 Å². The Balaban J connectivity index is 1.49. The molecular formula is C19H27N5O2. The topological polar surface area (TPSA) is 70.9 Å². The molecule has 1 atom stereocenters. The lowest BCUT2D eigenvalue weighted by molar-refractivity contribution is -0.128. The van der Waals surface area contributed by atoms with Crippen molar-refractivity contribution in [3.63, 3.8) is 0 Å². The van der Waals surface area contributed by atoms with Crippen molar-refractivity contribution in [2.45, 2.75) is 38.4 Å². The van der Waals surface area contributed by atoms with E-state index in [0.717, 1.165) is 44.2 Å². The number of aryl methyl sites for hydroxylation is 1. The van der Waals surface area contributed by atoms with Crippen molar-refractivity contribution in [1.82, 2.24) is 24.9 Å². The van der Waals surface area contributed by atoms with Crippen molar-refractivity contribution in [2.24, 2.45) is 0 Å². The number of aromatic nitrogens is 2. The number of nitrogens with one attached hydrogen (secondary N) is 2. The van der Waals surface area contributed by atoms with Crippen LogP contribution in [0.3, 0.4) is 0 Å². The molecule has 0 unspecified atom stereocenters. The number of carbonyl (C=O) groups excluding carboxylic acids is 1. The Bertz CT molecular complexity index is 811. The largest absolute Gasteiger partial charge is 0.378 e. The predicted molar refractivity (Wildman–Crippen MR) is 99.1 cm³/mol. The molecule has 0 aliphatic carbocycles. The van der Waals surface area contributed by atoms with Gasteiger partial charge in [-0.1, -0.05) is 6.07 Å². The van der Waals surface area contributed by atoms with Gasteiger partial charge in [-0.05, 0) is 32.4 Å². The molecule has 0 radical (unpaired) electrons. The van der Waals surface area contributed by atoms with Gasteiger partial charge >= 0.3 is 0 Å². The van der Waals surface area contributed by atoms with Crippen LogP contribution in [0.4, 0.5) is 0 Å². The van der Waals surface area contributed by atoms with Crippen molar-refractivity contribution in [3.05, 3.63) is 35.9 Å². The molecule has 0 aromatic carbocycles. The quantitative estimate of drug-likeness (QED) is 0.842. The van der Waals surface area contributed by atoms with E-state index in [4.69, 9.17) is 4.74 Å². The number of hydrogen-bond donors (Lipinski definition) is 2. The summed E-state index contributed by atoms with van der Waals surface area (Å²) in [5.74, 6) is 0.856. The maximum atomic E-state index is 12.9. The first kappa shape index (κ1) is 17.5. The second-order valence-corrected chi connectivity index (χ2v) is 7.84. The van der Waals surface area contributed by atoms with E-state index in [9.17, 15) is 4.79 Å². The number of rotatable bonds is 4. The molecule has 1 amide bonds. The van der Waals surface area contributed by atoms with E-state index in [2.05, 4.69) is 37.9 Å². The smallest absolute Gasteiger partial charge is 0.239 e. The third-order valence-electron chi connectivity index (χ3n) is 5.44. The van der Waals surface area contributed by atoms with E-state index in [1.807, 2.05) is 32.3 Å². The van der Waals surface area contributed by atoms with Gasteiger partial charge in [-0.3, -0.25) is 9.69 Å². The van der Waals surface area contributed by atoms with E-state index in [1.54, 1.807) is 0 Å². The first-order chi connectivity index (χ1) is 12.5. The summed E-state index contributed by atoms with van der Waals surface area (Å²) in [4.78, 5) is 19.9. The number of amides is 1. The number of carbonyl (C=O) groups is 1. The van der Waals surface area contributed by atoms with Crippen LogP contribution in [0, 0.1) is 6.92 Å². The van der Waals surface area contributed by atoms with Crippen LogP contribution in [-0.2, 0) is 15.1 Å². The Hall–Kier alpha value is -1.96. The van der Waals surface area contributed by atoms with Gasteiger partial charge in [0.25, 0.3) is 0 Å². The van der Waals surface area contributed by atoms with E-state index >= 15 is 0 Å². The zero-order chi connectivity index (χ0) is 18.3. The minimum Gasteiger partial charge on any atom is -0.378 e. The van der Waals surface area contributed by atoms with Gasteiger partial charge < -0.3 is 19.8 Å². The average molecular weight is 357 g/mol. The maximum Gasteiger partial charge on any atom is 0.239 e. The summed E-state index contributed by atoms with van der Waals surface area (Å²) in [6.07, 6.45) is 3.87. The Morgan fingerprint density at radius 2 is 2.23 bits per heavy atom. The van der Waals surface area contributed by atoms with Crippen LogP contribution in [0.25, 0.3) is 5.52 Å². The molecule has 2 aromatic heterocycles. The van der Waals surface area contributed by atoms with Gasteiger partial charge in [-0.2, -0.15) is 0 Å². The van der Waals surface area contributed by atoms with Gasteiger partial charge in [0, 0.05) is 25.8 Å². The number of pyridine rings is 1. The molecule has 0 saturated carbocycles. The molecule has 2 aliphatic rings. The standard InChI is InChI=1S/C19H27N5O2/c1-13-5-4-7-24-16(13)9-21-18(24)19(2,3)22-17(25)15-10-23(8-6-20-15)14-11-26-12-14/h4-5,7,9,14-15,20H,6,8,10-12H2,1-3H3,(H,22,25)/t15-/m0/s1. The summed E-state index contributed by atoms with van der Waals surface area (Å²) in [6.45, 7) is 10.1. The van der Waals surface area contributed by atoms with E-state index in [-0.39, 0.29) is 11.9 Å². The number of ether oxygens (including phenoxy) is 1. The fraction of sp³-hybridized carbons (Fsp3) is 0.579.